The van der Waals surface area contributed by atoms with Gasteiger partial charge in [0, 0.05) is 12.8 Å². The van der Waals surface area contributed by atoms with Gasteiger partial charge in [0.25, 0.3) is 0 Å². The third-order valence-corrected chi connectivity index (χ3v) is 10.5. The van der Waals surface area contributed by atoms with E-state index in [2.05, 4.69) is 27.7 Å². The van der Waals surface area contributed by atoms with Gasteiger partial charge in [-0.25, -0.2) is 0 Å². The number of fused-ring (bicyclic) bond motifs is 5. The number of nitrogens with one attached hydrogen (secondary N) is 1. The largest absolute Gasteiger partial charge is 0.184 e. The molecule has 0 bridgehead atoms. The van der Waals surface area contributed by atoms with Crippen LogP contribution < -0.4 is 5.23 Å². The third-order valence-electron chi connectivity index (χ3n) is 10.5. The molecule has 0 spiro atoms. The number of quaternary nitrogens is 1. The van der Waals surface area contributed by atoms with Crippen molar-refractivity contribution >= 4 is 0 Å². The summed E-state index contributed by atoms with van der Waals surface area (Å²) in [6, 6.07) is 0.0410. The van der Waals surface area contributed by atoms with Crippen LogP contribution in [-0.4, -0.2) is 16.5 Å². The lowest BCUT2D eigenvalue weighted by Crippen LogP contribution is -3.11. The molecule has 156 valence electrons. The predicted octanol–water partition coefficient (Wildman–Crippen LogP) is 5.11. The van der Waals surface area contributed by atoms with Crippen molar-refractivity contribution in [1.29, 1.82) is 0 Å². The molecule has 4 fully saturated rings. The second kappa shape index (κ2) is 7.29. The molecular formula is C24H44NO2+. The molecule has 3 heteroatoms. The minimum absolute atomic E-state index is 0.0410. The van der Waals surface area contributed by atoms with E-state index in [4.69, 9.17) is 0 Å². The molecule has 9 atom stereocenters. The van der Waals surface area contributed by atoms with Crippen LogP contribution in [0.3, 0.4) is 0 Å². The van der Waals surface area contributed by atoms with Gasteiger partial charge in [-0.3, -0.25) is 0 Å². The highest BCUT2D eigenvalue weighted by molar-refractivity contribution is 5.09. The van der Waals surface area contributed by atoms with Crippen molar-refractivity contribution in [2.75, 3.05) is 0 Å². The fraction of sp³-hybridized carbons (Fsp3) is 1.00. The molecule has 0 aliphatic heterocycles. The molecular weight excluding hydrogens is 334 g/mol. The lowest BCUT2D eigenvalue weighted by atomic mass is 9.44. The minimum Gasteiger partial charge on any atom is -0.184 e. The smallest absolute Gasteiger partial charge is 0.150 e. The van der Waals surface area contributed by atoms with Crippen LogP contribution in [-0.2, 0) is 0 Å². The topological polar surface area (TPSA) is 44.9 Å². The summed E-state index contributed by atoms with van der Waals surface area (Å²) in [5, 5.41) is 19.0. The van der Waals surface area contributed by atoms with E-state index in [-0.39, 0.29) is 11.3 Å². The first-order valence-electron chi connectivity index (χ1n) is 12.1. The summed E-state index contributed by atoms with van der Waals surface area (Å²) >= 11 is 0. The summed E-state index contributed by atoms with van der Waals surface area (Å²) in [5.41, 5.74) is 1.04. The molecule has 4 aliphatic rings. The van der Waals surface area contributed by atoms with Crippen LogP contribution in [0.1, 0.15) is 98.3 Å². The van der Waals surface area contributed by atoms with Gasteiger partial charge in [-0.2, -0.15) is 10.4 Å². The summed E-state index contributed by atoms with van der Waals surface area (Å²) in [6.45, 7) is 10.1. The average molecular weight is 379 g/mol. The van der Waals surface area contributed by atoms with Gasteiger partial charge in [-0.15, -0.1) is 0 Å². The zero-order valence-corrected chi connectivity index (χ0v) is 18.2. The van der Waals surface area contributed by atoms with Crippen LogP contribution in [0, 0.1) is 46.3 Å². The predicted molar refractivity (Wildman–Crippen MR) is 108 cm³/mol. The lowest BCUT2D eigenvalue weighted by Gasteiger charge is -2.61. The van der Waals surface area contributed by atoms with Crippen LogP contribution >= 0.6 is 0 Å². The summed E-state index contributed by atoms with van der Waals surface area (Å²) in [5.74, 6) is 5.32. The van der Waals surface area contributed by atoms with Gasteiger partial charge in [-0.1, -0.05) is 45.8 Å². The molecule has 4 rings (SSSR count). The molecule has 0 saturated heterocycles. The summed E-state index contributed by atoms with van der Waals surface area (Å²) < 4.78 is 0. The van der Waals surface area contributed by atoms with Crippen LogP contribution in [0.15, 0.2) is 0 Å². The molecule has 3 N–H and O–H groups in total. The highest BCUT2D eigenvalue weighted by Gasteiger charge is 2.61. The Morgan fingerprint density at radius 2 is 1.63 bits per heavy atom. The van der Waals surface area contributed by atoms with Gasteiger partial charge in [-0.05, 0) is 91.3 Å². The highest BCUT2D eigenvalue weighted by Crippen LogP contribution is 2.68. The summed E-state index contributed by atoms with van der Waals surface area (Å²) in [4.78, 5) is 0. The first-order chi connectivity index (χ1) is 12.8. The number of rotatable bonds is 4. The van der Waals surface area contributed by atoms with E-state index in [1.165, 1.54) is 57.8 Å². The Bertz CT molecular complexity index is 536. The van der Waals surface area contributed by atoms with E-state index in [1.54, 1.807) is 0 Å². The molecule has 4 saturated carbocycles. The number of hydrogen-bond donors (Lipinski definition) is 3. The minimum atomic E-state index is -0.293. The Balaban J connectivity index is 1.53. The van der Waals surface area contributed by atoms with E-state index in [0.29, 0.717) is 16.7 Å². The fourth-order valence-electron chi connectivity index (χ4n) is 9.12. The molecule has 0 aromatic carbocycles. The molecule has 3 nitrogen and oxygen atoms in total. The Hall–Kier alpha value is -0.120. The molecule has 0 heterocycles. The average Bonchev–Trinajstić information content (AvgIpc) is 2.98. The SMILES string of the molecule is CCC[C@@H](C)[C@H]1CCC2C3CCC4CC([NH+](O)O)CC[C@]4(C)C3CC[C@@]21C. The van der Waals surface area contributed by atoms with E-state index < -0.39 is 0 Å². The maximum absolute atomic E-state index is 9.64. The highest BCUT2D eigenvalue weighted by atomic mass is 16.8. The van der Waals surface area contributed by atoms with E-state index in [9.17, 15) is 10.4 Å². The molecule has 5 unspecified atom stereocenters. The quantitative estimate of drug-likeness (QED) is 0.595. The first-order valence-corrected chi connectivity index (χ1v) is 12.1. The first kappa shape index (κ1) is 20.2. The number of hydrogen-bond acceptors (Lipinski definition) is 2. The maximum atomic E-state index is 9.64. The molecule has 27 heavy (non-hydrogen) atoms. The van der Waals surface area contributed by atoms with E-state index >= 15 is 0 Å². The van der Waals surface area contributed by atoms with Crippen LogP contribution in [0.25, 0.3) is 0 Å². The molecule has 0 aromatic rings. The Morgan fingerprint density at radius 3 is 2.33 bits per heavy atom. The molecule has 4 aliphatic carbocycles. The van der Waals surface area contributed by atoms with Crippen molar-refractivity contribution < 1.29 is 15.6 Å². The van der Waals surface area contributed by atoms with Gasteiger partial charge in [0.15, 0.2) is 0 Å². The third kappa shape index (κ3) is 3.11. The fourth-order valence-corrected chi connectivity index (χ4v) is 9.12. The van der Waals surface area contributed by atoms with Crippen molar-refractivity contribution in [1.82, 2.24) is 0 Å². The zero-order valence-electron chi connectivity index (χ0n) is 18.2. The normalized spacial score (nSPS) is 50.8. The summed E-state index contributed by atoms with van der Waals surface area (Å²) in [6.07, 6.45) is 14.5. The molecule has 0 amide bonds. The van der Waals surface area contributed by atoms with Gasteiger partial charge >= 0.3 is 0 Å². The van der Waals surface area contributed by atoms with Crippen molar-refractivity contribution in [3.8, 4) is 0 Å². The van der Waals surface area contributed by atoms with Crippen molar-refractivity contribution in [2.45, 2.75) is 104 Å². The van der Waals surface area contributed by atoms with E-state index in [0.717, 1.165) is 42.4 Å². The van der Waals surface area contributed by atoms with Gasteiger partial charge in [0.1, 0.15) is 6.04 Å². The Labute approximate surface area is 166 Å². The number of hydroxylamine groups is 2. The monoisotopic (exact) mass is 378 g/mol. The molecule has 0 radical (unpaired) electrons. The van der Waals surface area contributed by atoms with Crippen molar-refractivity contribution in [3.63, 3.8) is 0 Å². The van der Waals surface area contributed by atoms with Crippen LogP contribution in [0.4, 0.5) is 0 Å². The Kier molecular flexibility index (Phi) is 5.44. The maximum Gasteiger partial charge on any atom is 0.150 e. The summed E-state index contributed by atoms with van der Waals surface area (Å²) in [7, 11) is 0. The van der Waals surface area contributed by atoms with Crippen molar-refractivity contribution in [2.24, 2.45) is 46.3 Å². The van der Waals surface area contributed by atoms with Gasteiger partial charge in [0.05, 0.1) is 0 Å². The Morgan fingerprint density at radius 1 is 0.926 bits per heavy atom. The van der Waals surface area contributed by atoms with E-state index in [1.807, 2.05) is 0 Å². The zero-order chi connectivity index (χ0) is 19.4. The second-order valence-corrected chi connectivity index (χ2v) is 11.5. The van der Waals surface area contributed by atoms with Crippen molar-refractivity contribution in [3.05, 3.63) is 0 Å². The lowest BCUT2D eigenvalue weighted by molar-refractivity contribution is -1.26. The standard InChI is InChI=1S/C24H43NO2/c1-5-6-16(2)20-9-10-21-19-8-7-17-15-18(25(26)27)11-13-23(17,3)22(19)12-14-24(20,21)4/h16-22,26-27H,5-15H2,1-4H3/p+1/t16-,17?,18?,19?,20-,21?,22?,23+,24-/m1/s1. The van der Waals surface area contributed by atoms with Gasteiger partial charge in [0.2, 0.25) is 0 Å². The second-order valence-electron chi connectivity index (χ2n) is 11.5. The van der Waals surface area contributed by atoms with Gasteiger partial charge < -0.3 is 0 Å². The van der Waals surface area contributed by atoms with Crippen LogP contribution in [0.5, 0.6) is 0 Å². The van der Waals surface area contributed by atoms with Crippen LogP contribution in [0.2, 0.25) is 0 Å². The molecule has 0 aromatic heterocycles.